The van der Waals surface area contributed by atoms with Gasteiger partial charge >= 0.3 is 0 Å². The molecule has 0 aromatic heterocycles. The van der Waals surface area contributed by atoms with Gasteiger partial charge in [0.25, 0.3) is 0 Å². The summed E-state index contributed by atoms with van der Waals surface area (Å²) >= 11 is 0. The molecule has 1 aliphatic heterocycles. The summed E-state index contributed by atoms with van der Waals surface area (Å²) in [5.74, 6) is 1.80. The van der Waals surface area contributed by atoms with Crippen LogP contribution in [0.25, 0.3) is 0 Å². The van der Waals surface area contributed by atoms with Crippen molar-refractivity contribution in [3.8, 4) is 0 Å². The largest absolute Gasteiger partial charge is 0.342 e. The number of carbonyl (C=O) groups excluding carboxylic acids is 2. The van der Waals surface area contributed by atoms with Gasteiger partial charge in [-0.05, 0) is 51.4 Å². The van der Waals surface area contributed by atoms with Crippen LogP contribution in [-0.2, 0) is 9.59 Å². The quantitative estimate of drug-likeness (QED) is 0.795. The van der Waals surface area contributed by atoms with Crippen molar-refractivity contribution >= 4 is 11.8 Å². The Balaban J connectivity index is 1.47. The Kier molecular flexibility index (Phi) is 6.56. The lowest BCUT2D eigenvalue weighted by Crippen LogP contribution is -2.54. The van der Waals surface area contributed by atoms with Crippen LogP contribution in [0.5, 0.6) is 0 Å². The molecule has 0 aromatic carbocycles. The Hall–Kier alpha value is -1.14. The van der Waals surface area contributed by atoms with Gasteiger partial charge in [-0.3, -0.25) is 14.5 Å². The number of rotatable bonds is 5. The first kappa shape index (κ1) is 19.6. The maximum Gasteiger partial charge on any atom is 0.236 e. The van der Waals surface area contributed by atoms with Gasteiger partial charge in [-0.1, -0.05) is 6.42 Å². The topological polar surface area (TPSA) is 69.9 Å². The summed E-state index contributed by atoms with van der Waals surface area (Å²) in [6, 6.07) is 0.315. The van der Waals surface area contributed by atoms with Gasteiger partial charge in [0, 0.05) is 51.2 Å². The molecule has 2 saturated carbocycles. The molecule has 2 bridgehead atoms. The lowest BCUT2D eigenvalue weighted by Gasteiger charge is -2.45. The predicted molar refractivity (Wildman–Crippen MR) is 102 cm³/mol. The van der Waals surface area contributed by atoms with E-state index in [9.17, 15) is 9.59 Å². The van der Waals surface area contributed by atoms with E-state index >= 15 is 0 Å². The van der Waals surface area contributed by atoms with Crippen molar-refractivity contribution in [1.29, 1.82) is 0 Å². The van der Waals surface area contributed by atoms with Crippen molar-refractivity contribution in [2.24, 2.45) is 23.5 Å². The van der Waals surface area contributed by atoms with Crippen molar-refractivity contribution in [1.82, 2.24) is 14.7 Å². The Labute approximate surface area is 158 Å². The molecule has 0 spiro atoms. The molecule has 2 amide bonds. The number of carbonyl (C=O) groups is 2. The van der Waals surface area contributed by atoms with E-state index in [-0.39, 0.29) is 11.8 Å². The Morgan fingerprint density at radius 2 is 1.58 bits per heavy atom. The Bertz CT molecular complexity index is 486. The minimum Gasteiger partial charge on any atom is -0.342 e. The van der Waals surface area contributed by atoms with Crippen LogP contribution in [0.2, 0.25) is 0 Å². The van der Waals surface area contributed by atoms with Gasteiger partial charge in [-0.25, -0.2) is 0 Å². The summed E-state index contributed by atoms with van der Waals surface area (Å²) < 4.78 is 0. The zero-order valence-corrected chi connectivity index (χ0v) is 16.5. The highest BCUT2D eigenvalue weighted by atomic mass is 16.2. The molecule has 2 unspecified atom stereocenters. The zero-order valence-electron chi connectivity index (χ0n) is 16.5. The van der Waals surface area contributed by atoms with Gasteiger partial charge in [0.2, 0.25) is 11.8 Å². The first-order chi connectivity index (χ1) is 12.5. The molecular formula is C20H36N4O2. The van der Waals surface area contributed by atoms with E-state index in [0.717, 1.165) is 52.1 Å². The maximum absolute atomic E-state index is 13.0. The molecule has 2 aliphatic carbocycles. The van der Waals surface area contributed by atoms with Crippen LogP contribution in [0.4, 0.5) is 0 Å². The molecule has 0 aromatic rings. The monoisotopic (exact) mass is 364 g/mol. The second-order valence-electron chi connectivity index (χ2n) is 8.36. The van der Waals surface area contributed by atoms with Gasteiger partial charge in [0.1, 0.15) is 0 Å². The minimum atomic E-state index is 0.175. The van der Waals surface area contributed by atoms with Gasteiger partial charge in [-0.2, -0.15) is 0 Å². The third-order valence-corrected chi connectivity index (χ3v) is 6.92. The molecule has 6 heteroatoms. The van der Waals surface area contributed by atoms with E-state index in [4.69, 9.17) is 5.73 Å². The van der Waals surface area contributed by atoms with E-state index < -0.39 is 0 Å². The normalized spacial score (nSPS) is 32.3. The van der Waals surface area contributed by atoms with E-state index in [2.05, 4.69) is 4.90 Å². The summed E-state index contributed by atoms with van der Waals surface area (Å²) in [4.78, 5) is 31.4. The molecule has 1 heterocycles. The SMILES string of the molecule is CCN(CC)C(=O)CN1CCN(C(=O)C2CC3CCCC(C2)C3N)CC1. The molecule has 26 heavy (non-hydrogen) atoms. The predicted octanol–water partition coefficient (Wildman–Crippen LogP) is 1.15. The third kappa shape index (κ3) is 4.22. The maximum atomic E-state index is 13.0. The standard InChI is InChI=1S/C20H36N4O2/c1-3-23(4-2)18(25)14-22-8-10-24(11-9-22)20(26)17-12-15-6-5-7-16(13-17)19(15)21/h15-17,19H,3-14,21H2,1-2H3. The van der Waals surface area contributed by atoms with E-state index in [1.165, 1.54) is 19.3 Å². The lowest BCUT2D eigenvalue weighted by atomic mass is 9.65. The Morgan fingerprint density at radius 1 is 1.00 bits per heavy atom. The highest BCUT2D eigenvalue weighted by molar-refractivity contribution is 5.80. The summed E-state index contributed by atoms with van der Waals surface area (Å²) in [7, 11) is 0. The number of piperazine rings is 1. The van der Waals surface area contributed by atoms with Gasteiger partial charge in [0.05, 0.1) is 6.54 Å². The number of hydrogen-bond donors (Lipinski definition) is 1. The highest BCUT2D eigenvalue weighted by Gasteiger charge is 2.41. The molecule has 0 radical (unpaired) electrons. The fraction of sp³-hybridized carbons (Fsp3) is 0.900. The van der Waals surface area contributed by atoms with Crippen LogP contribution in [0.3, 0.4) is 0 Å². The van der Waals surface area contributed by atoms with Gasteiger partial charge < -0.3 is 15.5 Å². The summed E-state index contributed by atoms with van der Waals surface area (Å²) in [6.07, 6.45) is 5.64. The van der Waals surface area contributed by atoms with Crippen LogP contribution >= 0.6 is 0 Å². The number of fused-ring (bicyclic) bond motifs is 2. The molecule has 148 valence electrons. The number of amides is 2. The molecule has 2 N–H and O–H groups in total. The second kappa shape index (κ2) is 8.70. The van der Waals surface area contributed by atoms with Crippen molar-refractivity contribution in [2.75, 3.05) is 45.8 Å². The minimum absolute atomic E-state index is 0.175. The first-order valence-corrected chi connectivity index (χ1v) is 10.6. The average molecular weight is 365 g/mol. The van der Waals surface area contributed by atoms with E-state index in [1.54, 1.807) is 0 Å². The smallest absolute Gasteiger partial charge is 0.236 e. The van der Waals surface area contributed by atoms with Crippen molar-refractivity contribution in [2.45, 2.75) is 52.0 Å². The molecule has 2 atom stereocenters. The Morgan fingerprint density at radius 3 is 2.12 bits per heavy atom. The molecule has 3 fully saturated rings. The van der Waals surface area contributed by atoms with Crippen LogP contribution in [0, 0.1) is 17.8 Å². The second-order valence-corrected chi connectivity index (χ2v) is 8.36. The molecule has 3 aliphatic rings. The average Bonchev–Trinajstić information content (AvgIpc) is 2.62. The number of nitrogens with two attached hydrogens (primary N) is 1. The molecule has 6 nitrogen and oxygen atoms in total. The molecule has 1 saturated heterocycles. The fourth-order valence-corrected chi connectivity index (χ4v) is 5.24. The number of likely N-dealkylation sites (N-methyl/N-ethyl adjacent to an activating group) is 1. The molecular weight excluding hydrogens is 328 g/mol. The van der Waals surface area contributed by atoms with Crippen LogP contribution in [0.1, 0.15) is 46.0 Å². The zero-order chi connectivity index (χ0) is 18.7. The summed E-state index contributed by atoms with van der Waals surface area (Å²) in [5.41, 5.74) is 6.37. The van der Waals surface area contributed by atoms with Crippen molar-refractivity contribution in [3.63, 3.8) is 0 Å². The van der Waals surface area contributed by atoms with E-state index in [1.807, 2.05) is 23.6 Å². The summed E-state index contributed by atoms with van der Waals surface area (Å²) in [5, 5.41) is 0. The van der Waals surface area contributed by atoms with Gasteiger partial charge in [0.15, 0.2) is 0 Å². The fourth-order valence-electron chi connectivity index (χ4n) is 5.24. The first-order valence-electron chi connectivity index (χ1n) is 10.6. The van der Waals surface area contributed by atoms with Gasteiger partial charge in [-0.15, -0.1) is 0 Å². The van der Waals surface area contributed by atoms with Crippen molar-refractivity contribution < 1.29 is 9.59 Å². The van der Waals surface area contributed by atoms with Crippen molar-refractivity contribution in [3.05, 3.63) is 0 Å². The molecule has 3 rings (SSSR count). The van der Waals surface area contributed by atoms with Crippen LogP contribution in [-0.4, -0.2) is 78.4 Å². The number of nitrogens with zero attached hydrogens (tertiary/aromatic N) is 3. The highest BCUT2D eigenvalue weighted by Crippen LogP contribution is 2.42. The number of hydrogen-bond acceptors (Lipinski definition) is 4. The third-order valence-electron chi connectivity index (χ3n) is 6.92. The van der Waals surface area contributed by atoms with E-state index in [0.29, 0.717) is 30.3 Å². The lowest BCUT2D eigenvalue weighted by molar-refractivity contribution is -0.141. The van der Waals surface area contributed by atoms with Crippen LogP contribution in [0.15, 0.2) is 0 Å². The summed E-state index contributed by atoms with van der Waals surface area (Å²) in [6.45, 7) is 9.15. The van der Waals surface area contributed by atoms with Crippen LogP contribution < -0.4 is 5.73 Å².